The summed E-state index contributed by atoms with van der Waals surface area (Å²) in [5.41, 5.74) is 10.6. The van der Waals surface area contributed by atoms with E-state index in [1.165, 1.54) is 0 Å². The van der Waals surface area contributed by atoms with E-state index in [2.05, 4.69) is 21.3 Å². The number of aliphatic hydroxyl groups excluding tert-OH is 2. The highest BCUT2D eigenvalue weighted by Gasteiger charge is 1.98. The van der Waals surface area contributed by atoms with E-state index in [1.807, 2.05) is 0 Å². The monoisotopic (exact) mass is 524 g/mol. The number of aliphatic carboxylic acids is 2. The summed E-state index contributed by atoms with van der Waals surface area (Å²) in [5, 5.41) is 45.6. The molecule has 0 rings (SSSR count). The zero-order chi connectivity index (χ0) is 27.5. The highest BCUT2D eigenvalue weighted by molar-refractivity contribution is 5.66. The van der Waals surface area contributed by atoms with Gasteiger partial charge in [-0.1, -0.05) is 38.5 Å². The lowest BCUT2D eigenvalue weighted by Crippen LogP contribution is -2.35. The van der Waals surface area contributed by atoms with Gasteiger partial charge in [0.2, 0.25) is 0 Å². The molecule has 0 aliphatic rings. The summed E-state index contributed by atoms with van der Waals surface area (Å²) in [6.07, 6.45) is 8.51. The van der Waals surface area contributed by atoms with Gasteiger partial charge in [-0.3, -0.25) is 9.59 Å². The Morgan fingerprint density at radius 3 is 1.03 bits per heavy atom. The maximum atomic E-state index is 10.2. The molecular weight excluding hydrogens is 468 g/mol. The number of nitrogens with two attached hydrogens (primary N) is 2. The van der Waals surface area contributed by atoms with Crippen molar-refractivity contribution in [1.82, 2.24) is 21.3 Å². The molecule has 0 amide bonds. The van der Waals surface area contributed by atoms with Crippen molar-refractivity contribution in [3.8, 4) is 0 Å². The van der Waals surface area contributed by atoms with Crippen LogP contribution in [0.5, 0.6) is 0 Å². The maximum absolute atomic E-state index is 10.2. The van der Waals surface area contributed by atoms with Crippen molar-refractivity contribution >= 4 is 11.9 Å². The zero-order valence-corrected chi connectivity index (χ0v) is 22.3. The molecule has 0 radical (unpaired) electrons. The van der Waals surface area contributed by atoms with Crippen molar-refractivity contribution in [2.24, 2.45) is 11.5 Å². The van der Waals surface area contributed by atoms with Gasteiger partial charge in [-0.2, -0.15) is 0 Å². The normalized spacial score (nSPS) is 10.2. The molecule has 0 spiro atoms. The number of nitrogens with one attached hydrogen (secondary N) is 4. The lowest BCUT2D eigenvalue weighted by atomic mass is 10.1. The van der Waals surface area contributed by atoms with Crippen LogP contribution in [-0.2, 0) is 9.59 Å². The van der Waals surface area contributed by atoms with E-state index in [9.17, 15) is 9.59 Å². The van der Waals surface area contributed by atoms with E-state index in [0.717, 1.165) is 90.6 Å². The van der Waals surface area contributed by atoms with Crippen molar-refractivity contribution in [2.45, 2.75) is 64.2 Å². The molecule has 0 aliphatic heterocycles. The molecule has 12 N–H and O–H groups in total. The Hall–Kier alpha value is -1.38. The third-order valence-corrected chi connectivity index (χ3v) is 4.71. The number of unbranched alkanes of at least 4 members (excludes halogenated alkanes) is 7. The van der Waals surface area contributed by atoms with Crippen molar-refractivity contribution in [1.29, 1.82) is 0 Å². The predicted octanol–water partition coefficient (Wildman–Crippen LogP) is -0.710. The number of rotatable bonds is 25. The quantitative estimate of drug-likeness (QED) is 0.0670. The van der Waals surface area contributed by atoms with Crippen LogP contribution < -0.4 is 32.7 Å². The molecular formula is C24H56N6O6. The van der Waals surface area contributed by atoms with Gasteiger partial charge in [0.1, 0.15) is 0 Å². The molecule has 0 aromatic rings. The summed E-state index contributed by atoms with van der Waals surface area (Å²) in [6.45, 7) is 8.56. The second-order valence-corrected chi connectivity index (χ2v) is 8.14. The second-order valence-electron chi connectivity index (χ2n) is 8.14. The third kappa shape index (κ3) is 49.7. The van der Waals surface area contributed by atoms with E-state index >= 15 is 0 Å². The van der Waals surface area contributed by atoms with Gasteiger partial charge in [-0.15, -0.1) is 0 Å². The Labute approximate surface area is 218 Å². The molecule has 0 bridgehead atoms. The van der Waals surface area contributed by atoms with Crippen LogP contribution >= 0.6 is 0 Å². The standard InChI is InChI=1S/C12H22O4.C8H23N5.C4H11NO2/c13-11(14)9-7-5-3-1-2-4-6-8-10-12(15)16;9-1-3-11-5-7-13-8-6-12-4-2-10;6-3-1-5-2-4-7/h1-10H2,(H,13,14)(H,15,16);11-13H,1-10H2;5-7H,1-4H2. The fourth-order valence-electron chi connectivity index (χ4n) is 2.83. The van der Waals surface area contributed by atoms with Gasteiger partial charge >= 0.3 is 11.9 Å². The van der Waals surface area contributed by atoms with Gasteiger partial charge in [0.25, 0.3) is 0 Å². The predicted molar refractivity (Wildman–Crippen MR) is 145 cm³/mol. The summed E-state index contributed by atoms with van der Waals surface area (Å²) < 4.78 is 0. The van der Waals surface area contributed by atoms with E-state index in [1.54, 1.807) is 0 Å². The Morgan fingerprint density at radius 1 is 0.472 bits per heavy atom. The fraction of sp³-hybridized carbons (Fsp3) is 0.917. The van der Waals surface area contributed by atoms with Gasteiger partial charge in [0, 0.05) is 78.3 Å². The first-order valence-electron chi connectivity index (χ1n) is 13.3. The first-order valence-corrected chi connectivity index (χ1v) is 13.3. The molecule has 12 heteroatoms. The minimum absolute atomic E-state index is 0.139. The smallest absolute Gasteiger partial charge is 0.303 e. The summed E-state index contributed by atoms with van der Waals surface area (Å²) >= 11 is 0. The Bertz CT molecular complexity index is 400. The molecule has 0 unspecified atom stereocenters. The van der Waals surface area contributed by atoms with Crippen LogP contribution in [-0.4, -0.2) is 111 Å². The molecule has 0 fully saturated rings. The summed E-state index contributed by atoms with van der Waals surface area (Å²) in [7, 11) is 0. The van der Waals surface area contributed by atoms with Gasteiger partial charge in [0.15, 0.2) is 0 Å². The van der Waals surface area contributed by atoms with Crippen LogP contribution in [0.1, 0.15) is 64.2 Å². The summed E-state index contributed by atoms with van der Waals surface area (Å²) in [5.74, 6) is -1.43. The lowest BCUT2D eigenvalue weighted by Gasteiger charge is -2.06. The Balaban J connectivity index is -0.000000488. The number of hydrogen-bond acceptors (Lipinski definition) is 10. The molecule has 0 heterocycles. The lowest BCUT2D eigenvalue weighted by molar-refractivity contribution is -0.138. The van der Waals surface area contributed by atoms with E-state index in [-0.39, 0.29) is 26.1 Å². The molecule has 218 valence electrons. The average Bonchev–Trinajstić information content (AvgIpc) is 2.85. The summed E-state index contributed by atoms with van der Waals surface area (Å²) in [6, 6.07) is 0. The number of carboxylic acids is 2. The van der Waals surface area contributed by atoms with E-state index in [4.69, 9.17) is 31.9 Å². The number of carboxylic acid groups (broad SMARTS) is 2. The van der Waals surface area contributed by atoms with Crippen molar-refractivity contribution in [2.75, 3.05) is 78.7 Å². The van der Waals surface area contributed by atoms with Crippen LogP contribution in [0.2, 0.25) is 0 Å². The Morgan fingerprint density at radius 2 is 0.750 bits per heavy atom. The van der Waals surface area contributed by atoms with Gasteiger partial charge in [-0.05, 0) is 12.8 Å². The fourth-order valence-corrected chi connectivity index (χ4v) is 2.83. The van der Waals surface area contributed by atoms with Crippen LogP contribution in [0.15, 0.2) is 0 Å². The summed E-state index contributed by atoms with van der Waals surface area (Å²) in [4.78, 5) is 20.4. The molecule has 12 nitrogen and oxygen atoms in total. The number of hydrogen-bond donors (Lipinski definition) is 10. The van der Waals surface area contributed by atoms with Crippen LogP contribution in [0.3, 0.4) is 0 Å². The topological polar surface area (TPSA) is 215 Å². The maximum Gasteiger partial charge on any atom is 0.303 e. The minimum atomic E-state index is -0.714. The van der Waals surface area contributed by atoms with Crippen molar-refractivity contribution < 1.29 is 30.0 Å². The first kappa shape index (κ1) is 39.1. The van der Waals surface area contributed by atoms with E-state index < -0.39 is 11.9 Å². The molecule has 0 aromatic carbocycles. The average molecular weight is 525 g/mol. The molecule has 0 saturated heterocycles. The highest BCUT2D eigenvalue weighted by Crippen LogP contribution is 2.10. The molecule has 0 aromatic heterocycles. The minimum Gasteiger partial charge on any atom is -0.481 e. The van der Waals surface area contributed by atoms with Crippen molar-refractivity contribution in [3.63, 3.8) is 0 Å². The Kier molecular flexibility index (Phi) is 41.5. The highest BCUT2D eigenvalue weighted by atomic mass is 16.4. The second kappa shape index (κ2) is 38.2. The zero-order valence-electron chi connectivity index (χ0n) is 22.3. The number of carbonyl (C=O) groups is 2. The largest absolute Gasteiger partial charge is 0.481 e. The van der Waals surface area contributed by atoms with Gasteiger partial charge in [-0.25, -0.2) is 0 Å². The van der Waals surface area contributed by atoms with Crippen molar-refractivity contribution in [3.05, 3.63) is 0 Å². The van der Waals surface area contributed by atoms with Crippen LogP contribution in [0, 0.1) is 0 Å². The van der Waals surface area contributed by atoms with Gasteiger partial charge in [0.05, 0.1) is 13.2 Å². The first-order chi connectivity index (χ1) is 17.5. The van der Waals surface area contributed by atoms with Crippen LogP contribution in [0.4, 0.5) is 0 Å². The number of aliphatic hydroxyl groups is 2. The molecule has 0 saturated carbocycles. The van der Waals surface area contributed by atoms with Crippen LogP contribution in [0.25, 0.3) is 0 Å². The third-order valence-electron chi connectivity index (χ3n) is 4.71. The molecule has 0 aliphatic carbocycles. The molecule has 36 heavy (non-hydrogen) atoms. The molecule has 0 atom stereocenters. The van der Waals surface area contributed by atoms with E-state index in [0.29, 0.717) is 26.2 Å². The van der Waals surface area contributed by atoms with Gasteiger partial charge < -0.3 is 53.2 Å². The SMILES string of the molecule is NCCNCCNCCNCCN.O=C(O)CCCCCCCCCCC(=O)O.OCCNCCO.